The van der Waals surface area contributed by atoms with Gasteiger partial charge in [0.25, 0.3) is 0 Å². The molecule has 1 aliphatic heterocycles. The number of nitrogens with zero attached hydrogens (tertiary/aromatic N) is 2. The number of carboxylic acid groups (broad SMARTS) is 1. The Hall–Kier alpha value is -0.820. The summed E-state index contributed by atoms with van der Waals surface area (Å²) in [5.74, 6) is -1.20. The smallest absolute Gasteiger partial charge is 0.401 e. The molecule has 20 heavy (non-hydrogen) atoms. The molecule has 0 saturated carbocycles. The number of rotatable bonds is 6. The van der Waals surface area contributed by atoms with Crippen molar-refractivity contribution >= 4 is 5.97 Å². The highest BCUT2D eigenvalue weighted by Crippen LogP contribution is 2.23. The summed E-state index contributed by atoms with van der Waals surface area (Å²) in [6, 6.07) is -0.297. The van der Waals surface area contributed by atoms with E-state index in [0.29, 0.717) is 12.8 Å². The zero-order chi connectivity index (χ0) is 15.2. The molecule has 1 fully saturated rings. The molecule has 1 N–H and O–H groups in total. The van der Waals surface area contributed by atoms with Gasteiger partial charge in [0, 0.05) is 6.04 Å². The van der Waals surface area contributed by atoms with Crippen molar-refractivity contribution < 1.29 is 23.1 Å². The topological polar surface area (TPSA) is 43.8 Å². The van der Waals surface area contributed by atoms with E-state index < -0.39 is 25.2 Å². The van der Waals surface area contributed by atoms with Gasteiger partial charge in [-0.15, -0.1) is 0 Å². The quantitative estimate of drug-likeness (QED) is 0.816. The highest BCUT2D eigenvalue weighted by molar-refractivity contribution is 5.69. The second-order valence-electron chi connectivity index (χ2n) is 5.34. The van der Waals surface area contributed by atoms with Gasteiger partial charge >= 0.3 is 12.1 Å². The molecule has 1 aliphatic rings. The highest BCUT2D eigenvalue weighted by atomic mass is 19.4. The summed E-state index contributed by atoms with van der Waals surface area (Å²) in [6.07, 6.45) is -1.29. The third-order valence-electron chi connectivity index (χ3n) is 3.57. The molecule has 0 aromatic carbocycles. The Morgan fingerprint density at radius 1 is 1.35 bits per heavy atom. The molecule has 1 unspecified atom stereocenters. The van der Waals surface area contributed by atoms with Crippen LogP contribution < -0.4 is 0 Å². The Bertz CT molecular complexity index is 310. The predicted octanol–water partition coefficient (Wildman–Crippen LogP) is 2.20. The summed E-state index contributed by atoms with van der Waals surface area (Å²) in [5.41, 5.74) is 0. The predicted molar refractivity (Wildman–Crippen MR) is 69.6 cm³/mol. The van der Waals surface area contributed by atoms with Crippen LogP contribution in [-0.2, 0) is 4.79 Å². The van der Waals surface area contributed by atoms with Crippen LogP contribution in [0.15, 0.2) is 0 Å². The third-order valence-corrected chi connectivity index (χ3v) is 3.57. The van der Waals surface area contributed by atoms with Crippen molar-refractivity contribution in [2.75, 3.05) is 32.7 Å². The van der Waals surface area contributed by atoms with Gasteiger partial charge in [-0.05, 0) is 45.3 Å². The lowest BCUT2D eigenvalue weighted by atomic mass is 10.1. The number of hydrogen-bond donors (Lipinski definition) is 1. The minimum Gasteiger partial charge on any atom is -0.480 e. The first-order valence-electron chi connectivity index (χ1n) is 7.06. The number of alkyl halides is 3. The summed E-state index contributed by atoms with van der Waals surface area (Å²) in [6.45, 7) is 2.97. The molecule has 1 heterocycles. The van der Waals surface area contributed by atoms with Crippen molar-refractivity contribution in [3.63, 3.8) is 0 Å². The molecule has 1 atom stereocenters. The van der Waals surface area contributed by atoms with Crippen molar-refractivity contribution in [1.82, 2.24) is 9.80 Å². The van der Waals surface area contributed by atoms with Crippen molar-refractivity contribution in [2.45, 2.75) is 44.8 Å². The fourth-order valence-electron chi connectivity index (χ4n) is 2.76. The van der Waals surface area contributed by atoms with Gasteiger partial charge in [-0.25, -0.2) is 0 Å². The number of hydrogen-bond acceptors (Lipinski definition) is 3. The molecule has 0 amide bonds. The highest BCUT2D eigenvalue weighted by Gasteiger charge is 2.35. The van der Waals surface area contributed by atoms with E-state index in [0.717, 1.165) is 37.4 Å². The minimum absolute atomic E-state index is 0.297. The lowest BCUT2D eigenvalue weighted by molar-refractivity contribution is -0.158. The van der Waals surface area contributed by atoms with Crippen molar-refractivity contribution in [1.29, 1.82) is 0 Å². The molecule has 1 saturated heterocycles. The number of aliphatic carboxylic acids is 1. The molecule has 1 rings (SSSR count). The second-order valence-corrected chi connectivity index (χ2v) is 5.34. The van der Waals surface area contributed by atoms with Crippen LogP contribution in [0.25, 0.3) is 0 Å². The normalized spacial score (nSPS) is 21.9. The average Bonchev–Trinajstić information content (AvgIpc) is 2.52. The van der Waals surface area contributed by atoms with Gasteiger partial charge in [-0.3, -0.25) is 9.69 Å². The molecule has 118 valence electrons. The summed E-state index contributed by atoms with van der Waals surface area (Å²) in [4.78, 5) is 14.1. The molecule has 0 bridgehead atoms. The molecular weight excluding hydrogens is 273 g/mol. The maximum absolute atomic E-state index is 12.6. The number of halogens is 3. The zero-order valence-corrected chi connectivity index (χ0v) is 11.8. The molecule has 0 aromatic heterocycles. The van der Waals surface area contributed by atoms with Crippen molar-refractivity contribution in [2.24, 2.45) is 0 Å². The maximum atomic E-state index is 12.6. The number of carbonyl (C=O) groups is 1. The Morgan fingerprint density at radius 2 is 2.05 bits per heavy atom. The average molecular weight is 296 g/mol. The van der Waals surface area contributed by atoms with Crippen LogP contribution in [0.5, 0.6) is 0 Å². The fourth-order valence-corrected chi connectivity index (χ4v) is 2.76. The molecular formula is C13H23F3N2O2. The van der Waals surface area contributed by atoms with Gasteiger partial charge in [-0.1, -0.05) is 6.92 Å². The van der Waals surface area contributed by atoms with Crippen molar-refractivity contribution in [3.8, 4) is 0 Å². The van der Waals surface area contributed by atoms with Crippen LogP contribution in [0, 0.1) is 0 Å². The van der Waals surface area contributed by atoms with E-state index in [1.54, 1.807) is 0 Å². The molecule has 4 nitrogen and oxygen atoms in total. The second kappa shape index (κ2) is 7.83. The van der Waals surface area contributed by atoms with E-state index in [-0.39, 0.29) is 6.04 Å². The largest absolute Gasteiger partial charge is 0.480 e. The van der Waals surface area contributed by atoms with Gasteiger partial charge < -0.3 is 10.0 Å². The zero-order valence-electron chi connectivity index (χ0n) is 11.8. The first kappa shape index (κ1) is 17.2. The molecule has 0 aromatic rings. The van der Waals surface area contributed by atoms with Crippen LogP contribution >= 0.6 is 0 Å². The summed E-state index contributed by atoms with van der Waals surface area (Å²) in [7, 11) is 0. The van der Waals surface area contributed by atoms with Gasteiger partial charge in [0.1, 0.15) is 0 Å². The Labute approximate surface area is 117 Å². The first-order valence-corrected chi connectivity index (χ1v) is 7.06. The van der Waals surface area contributed by atoms with Crippen LogP contribution in [0.4, 0.5) is 13.2 Å². The van der Waals surface area contributed by atoms with E-state index in [1.807, 2.05) is 0 Å². The van der Waals surface area contributed by atoms with E-state index in [4.69, 9.17) is 5.11 Å². The first-order chi connectivity index (χ1) is 9.31. The Morgan fingerprint density at radius 3 is 2.60 bits per heavy atom. The molecule has 0 spiro atoms. The Balaban J connectivity index is 2.63. The van der Waals surface area contributed by atoms with E-state index >= 15 is 0 Å². The van der Waals surface area contributed by atoms with Gasteiger partial charge in [0.15, 0.2) is 0 Å². The summed E-state index contributed by atoms with van der Waals surface area (Å²) >= 11 is 0. The standard InChI is InChI=1S/C13H23F3N2O2/c1-2-6-17-7-3-4-11(5-8-17)18(9-12(19)20)10-13(14,15)16/h11H,2-10H2,1H3,(H,19,20). The molecule has 7 heteroatoms. The van der Waals surface area contributed by atoms with Gasteiger partial charge in [-0.2, -0.15) is 13.2 Å². The Kier molecular flexibility index (Phi) is 6.75. The molecule has 0 aliphatic carbocycles. The van der Waals surface area contributed by atoms with Gasteiger partial charge in [0.2, 0.25) is 0 Å². The van der Waals surface area contributed by atoms with Crippen LogP contribution in [0.2, 0.25) is 0 Å². The fraction of sp³-hybridized carbons (Fsp3) is 0.923. The maximum Gasteiger partial charge on any atom is 0.401 e. The monoisotopic (exact) mass is 296 g/mol. The van der Waals surface area contributed by atoms with Gasteiger partial charge in [0.05, 0.1) is 13.1 Å². The summed E-state index contributed by atoms with van der Waals surface area (Å²) in [5, 5.41) is 8.80. The van der Waals surface area contributed by atoms with E-state index in [1.165, 1.54) is 0 Å². The molecule has 0 radical (unpaired) electrons. The van der Waals surface area contributed by atoms with Crippen molar-refractivity contribution in [3.05, 3.63) is 0 Å². The van der Waals surface area contributed by atoms with Crippen LogP contribution in [0.3, 0.4) is 0 Å². The lowest BCUT2D eigenvalue weighted by Gasteiger charge is -2.30. The SMILES string of the molecule is CCCN1CCCC(N(CC(=O)O)CC(F)(F)F)CC1. The van der Waals surface area contributed by atoms with E-state index in [9.17, 15) is 18.0 Å². The number of carboxylic acids is 1. The number of likely N-dealkylation sites (tertiary alicyclic amines) is 1. The minimum atomic E-state index is -4.36. The van der Waals surface area contributed by atoms with Crippen LogP contribution in [-0.4, -0.2) is 65.8 Å². The van der Waals surface area contributed by atoms with Crippen LogP contribution in [0.1, 0.15) is 32.6 Å². The summed E-state index contributed by atoms with van der Waals surface area (Å²) < 4.78 is 37.7. The van der Waals surface area contributed by atoms with E-state index in [2.05, 4.69) is 11.8 Å². The lowest BCUT2D eigenvalue weighted by Crippen LogP contribution is -2.45. The third kappa shape index (κ3) is 6.56.